The van der Waals surface area contributed by atoms with Gasteiger partial charge in [0.25, 0.3) is 0 Å². The minimum Gasteiger partial charge on any atom is -0.323 e. The summed E-state index contributed by atoms with van der Waals surface area (Å²) in [5, 5.41) is 0.773. The van der Waals surface area contributed by atoms with Gasteiger partial charge in [0.1, 0.15) is 0 Å². The second-order valence-electron chi connectivity index (χ2n) is 4.17. The first kappa shape index (κ1) is 10.4. The molecule has 2 aromatic heterocycles. The average molecular weight is 242 g/mol. The quantitative estimate of drug-likeness (QED) is 0.588. The molecule has 0 saturated heterocycles. The monoisotopic (exact) mass is 241 g/mol. The molecule has 1 nitrogen and oxygen atoms in total. The first-order valence-electron chi connectivity index (χ1n) is 5.58. The van der Waals surface area contributed by atoms with Gasteiger partial charge in [0, 0.05) is 28.5 Å². The molecule has 0 unspecified atom stereocenters. The molecule has 84 valence electrons. The molecule has 0 bridgehead atoms. The van der Waals surface area contributed by atoms with Crippen LogP contribution in [0.5, 0.6) is 0 Å². The van der Waals surface area contributed by atoms with Crippen LogP contribution in [0.25, 0.3) is 16.6 Å². The molecule has 0 N–H and O–H groups in total. The third kappa shape index (κ3) is 1.73. The minimum absolute atomic E-state index is 0.773. The van der Waals surface area contributed by atoms with Crippen molar-refractivity contribution in [3.8, 4) is 11.1 Å². The van der Waals surface area contributed by atoms with Gasteiger partial charge in [-0.3, -0.25) is 0 Å². The Bertz CT molecular complexity index is 665. The zero-order valence-corrected chi connectivity index (χ0v) is 10.3. The molecular weight excluding hydrogens is 230 g/mol. The Hall–Kier alpha value is -1.73. The van der Waals surface area contributed by atoms with Crippen molar-refractivity contribution in [1.82, 2.24) is 4.40 Å². The molecule has 3 rings (SSSR count). The van der Waals surface area contributed by atoms with E-state index < -0.39 is 0 Å². The van der Waals surface area contributed by atoms with Gasteiger partial charge in [-0.15, -0.1) is 0 Å². The maximum atomic E-state index is 5.91. The molecule has 3 aromatic rings. The summed E-state index contributed by atoms with van der Waals surface area (Å²) in [5.74, 6) is 0. The summed E-state index contributed by atoms with van der Waals surface area (Å²) in [6, 6.07) is 14.2. The lowest BCUT2D eigenvalue weighted by atomic mass is 10.0. The van der Waals surface area contributed by atoms with E-state index in [0.29, 0.717) is 0 Å². The number of rotatable bonds is 1. The predicted octanol–water partition coefficient (Wildman–Crippen LogP) is 4.57. The molecule has 0 aliphatic carbocycles. The molecule has 0 aliphatic rings. The molecule has 0 fully saturated rings. The normalized spacial score (nSPS) is 10.9. The maximum absolute atomic E-state index is 5.91. The van der Waals surface area contributed by atoms with Crippen molar-refractivity contribution < 1.29 is 0 Å². The highest BCUT2D eigenvalue weighted by atomic mass is 35.5. The Morgan fingerprint density at radius 2 is 1.76 bits per heavy atom. The van der Waals surface area contributed by atoms with Gasteiger partial charge in [-0.25, -0.2) is 0 Å². The lowest BCUT2D eigenvalue weighted by molar-refractivity contribution is 1.20. The molecule has 0 atom stereocenters. The third-order valence-corrected chi connectivity index (χ3v) is 3.35. The van der Waals surface area contributed by atoms with Crippen LogP contribution in [-0.4, -0.2) is 4.40 Å². The number of benzene rings is 1. The van der Waals surface area contributed by atoms with Crippen molar-refractivity contribution in [2.45, 2.75) is 6.92 Å². The van der Waals surface area contributed by atoms with E-state index in [1.54, 1.807) is 0 Å². The Kier molecular flexibility index (Phi) is 2.41. The Morgan fingerprint density at radius 1 is 1.00 bits per heavy atom. The van der Waals surface area contributed by atoms with E-state index in [9.17, 15) is 0 Å². The van der Waals surface area contributed by atoms with Gasteiger partial charge in [-0.2, -0.15) is 0 Å². The molecule has 2 heterocycles. The smallest absolute Gasteiger partial charge is 0.0485 e. The molecule has 0 amide bonds. The van der Waals surface area contributed by atoms with E-state index in [4.69, 9.17) is 11.6 Å². The van der Waals surface area contributed by atoms with Crippen LogP contribution in [0.1, 0.15) is 5.56 Å². The van der Waals surface area contributed by atoms with Crippen molar-refractivity contribution in [2.24, 2.45) is 0 Å². The molecule has 1 aromatic carbocycles. The molecule has 17 heavy (non-hydrogen) atoms. The van der Waals surface area contributed by atoms with E-state index in [2.05, 4.69) is 48.0 Å². The second kappa shape index (κ2) is 3.94. The van der Waals surface area contributed by atoms with Crippen LogP contribution in [0, 0.1) is 6.92 Å². The topological polar surface area (TPSA) is 4.41 Å². The summed E-state index contributed by atoms with van der Waals surface area (Å²) in [4.78, 5) is 0. The summed E-state index contributed by atoms with van der Waals surface area (Å²) in [6.45, 7) is 2.15. The summed E-state index contributed by atoms with van der Waals surface area (Å²) in [5.41, 5.74) is 5.01. The summed E-state index contributed by atoms with van der Waals surface area (Å²) in [6.07, 6.45) is 4.23. The zero-order chi connectivity index (χ0) is 11.8. The average Bonchev–Trinajstić information content (AvgIpc) is 2.69. The van der Waals surface area contributed by atoms with Crippen LogP contribution < -0.4 is 0 Å². The van der Waals surface area contributed by atoms with E-state index in [0.717, 1.165) is 5.02 Å². The number of aryl methyl sites for hydroxylation is 1. The lowest BCUT2D eigenvalue weighted by Gasteiger charge is -1.99. The van der Waals surface area contributed by atoms with Gasteiger partial charge >= 0.3 is 0 Å². The number of halogens is 1. The highest BCUT2D eigenvalue weighted by Gasteiger charge is 2.07. The first-order chi connectivity index (χ1) is 8.25. The van der Waals surface area contributed by atoms with Gasteiger partial charge in [-0.05, 0) is 42.3 Å². The van der Waals surface area contributed by atoms with Crippen LogP contribution in [0.4, 0.5) is 0 Å². The van der Waals surface area contributed by atoms with E-state index in [1.807, 2.05) is 18.2 Å². The number of nitrogens with zero attached hydrogens (tertiary/aromatic N) is 1. The van der Waals surface area contributed by atoms with Gasteiger partial charge in [0.05, 0.1) is 0 Å². The number of hydrogen-bond acceptors (Lipinski definition) is 0. The highest BCUT2D eigenvalue weighted by Crippen LogP contribution is 2.28. The molecule has 0 saturated carbocycles. The molecule has 0 radical (unpaired) electrons. The van der Waals surface area contributed by atoms with Crippen molar-refractivity contribution >= 4 is 17.1 Å². The second-order valence-corrected chi connectivity index (χ2v) is 4.60. The largest absolute Gasteiger partial charge is 0.323 e. The molecule has 0 aliphatic heterocycles. The standard InChI is InChI=1S/C15H12ClN/c1-11-14(12-5-7-13(16)8-6-12)10-17-9-3-2-4-15(11)17/h2-10H,1H3. The van der Waals surface area contributed by atoms with Crippen molar-refractivity contribution in [1.29, 1.82) is 0 Å². The van der Waals surface area contributed by atoms with Crippen LogP contribution in [0.3, 0.4) is 0 Å². The SMILES string of the molecule is Cc1c(-c2ccc(Cl)cc2)cn2ccccc12. The Morgan fingerprint density at radius 3 is 2.47 bits per heavy atom. The summed E-state index contributed by atoms with van der Waals surface area (Å²) < 4.78 is 2.15. The van der Waals surface area contributed by atoms with Gasteiger partial charge in [0.2, 0.25) is 0 Å². The fraction of sp³-hybridized carbons (Fsp3) is 0.0667. The maximum Gasteiger partial charge on any atom is 0.0485 e. The van der Waals surface area contributed by atoms with E-state index in [-0.39, 0.29) is 0 Å². The van der Waals surface area contributed by atoms with Crippen molar-refractivity contribution in [2.75, 3.05) is 0 Å². The molecule has 0 spiro atoms. The number of pyridine rings is 1. The van der Waals surface area contributed by atoms with Crippen LogP contribution >= 0.6 is 11.6 Å². The van der Waals surface area contributed by atoms with Crippen molar-refractivity contribution in [3.05, 3.63) is 65.4 Å². The summed E-state index contributed by atoms with van der Waals surface area (Å²) >= 11 is 5.91. The Balaban J connectivity index is 2.24. The van der Waals surface area contributed by atoms with Gasteiger partial charge < -0.3 is 4.40 Å². The van der Waals surface area contributed by atoms with Crippen LogP contribution in [0.2, 0.25) is 5.02 Å². The minimum atomic E-state index is 0.773. The van der Waals surface area contributed by atoms with Gasteiger partial charge in [-0.1, -0.05) is 29.8 Å². The van der Waals surface area contributed by atoms with Crippen LogP contribution in [-0.2, 0) is 0 Å². The third-order valence-electron chi connectivity index (χ3n) is 3.10. The predicted molar refractivity (Wildman–Crippen MR) is 72.6 cm³/mol. The molecule has 2 heteroatoms. The first-order valence-corrected chi connectivity index (χ1v) is 5.96. The van der Waals surface area contributed by atoms with Gasteiger partial charge in [0.15, 0.2) is 0 Å². The van der Waals surface area contributed by atoms with Crippen molar-refractivity contribution in [3.63, 3.8) is 0 Å². The molecular formula is C15H12ClN. The van der Waals surface area contributed by atoms with Crippen LogP contribution in [0.15, 0.2) is 54.9 Å². The number of hydrogen-bond donors (Lipinski definition) is 0. The van der Waals surface area contributed by atoms with E-state index >= 15 is 0 Å². The summed E-state index contributed by atoms with van der Waals surface area (Å²) in [7, 11) is 0. The lowest BCUT2D eigenvalue weighted by Crippen LogP contribution is -1.78. The number of aromatic nitrogens is 1. The fourth-order valence-electron chi connectivity index (χ4n) is 2.18. The zero-order valence-electron chi connectivity index (χ0n) is 9.52. The van der Waals surface area contributed by atoms with E-state index in [1.165, 1.54) is 22.2 Å². The highest BCUT2D eigenvalue weighted by molar-refractivity contribution is 6.30. The number of fused-ring (bicyclic) bond motifs is 1. The Labute approximate surface area is 105 Å². The fourth-order valence-corrected chi connectivity index (χ4v) is 2.31.